The van der Waals surface area contributed by atoms with Crippen LogP contribution in [0.4, 0.5) is 11.4 Å². The standard InChI is InChI=1S/C25H17BrClN3O6/c1-12-16(27)6-4-7-17(12)28-21(15-11-13(26)9-10-19(15)36-2)22(25(28)33)29-23(31)14-5-3-8-18(30(34)35)20(14)24(29)32/h3-11,21-22H,1-2H3/t21-,22-/m1/s1. The van der Waals surface area contributed by atoms with Crippen molar-refractivity contribution in [2.45, 2.75) is 19.0 Å². The van der Waals surface area contributed by atoms with E-state index in [1.54, 1.807) is 43.3 Å². The molecule has 2 heterocycles. The highest BCUT2D eigenvalue weighted by Gasteiger charge is 2.59. The first-order valence-corrected chi connectivity index (χ1v) is 11.9. The van der Waals surface area contributed by atoms with Crippen LogP contribution in [0.5, 0.6) is 5.75 Å². The van der Waals surface area contributed by atoms with Gasteiger partial charge in [-0.1, -0.05) is 39.7 Å². The maximum Gasteiger partial charge on any atom is 0.282 e. The van der Waals surface area contributed by atoms with Gasteiger partial charge in [-0.3, -0.25) is 34.3 Å². The zero-order chi connectivity index (χ0) is 25.9. The molecule has 2 atom stereocenters. The van der Waals surface area contributed by atoms with Gasteiger partial charge in [-0.2, -0.15) is 0 Å². The number of β-lactam (4-membered cyclic amide) rings is 1. The van der Waals surface area contributed by atoms with Crippen molar-refractivity contribution in [3.63, 3.8) is 0 Å². The number of imide groups is 1. The summed E-state index contributed by atoms with van der Waals surface area (Å²) >= 11 is 9.77. The predicted octanol–water partition coefficient (Wildman–Crippen LogP) is 5.08. The number of rotatable bonds is 5. The molecule has 3 aromatic carbocycles. The highest BCUT2D eigenvalue weighted by atomic mass is 79.9. The lowest BCUT2D eigenvalue weighted by molar-refractivity contribution is -0.385. The van der Waals surface area contributed by atoms with Crippen LogP contribution < -0.4 is 9.64 Å². The van der Waals surface area contributed by atoms with Crippen LogP contribution >= 0.6 is 27.5 Å². The molecule has 0 unspecified atom stereocenters. The zero-order valence-corrected chi connectivity index (χ0v) is 21.2. The second kappa shape index (κ2) is 8.72. The molecular weight excluding hydrogens is 554 g/mol. The lowest BCUT2D eigenvalue weighted by atomic mass is 9.85. The van der Waals surface area contributed by atoms with Gasteiger partial charge in [-0.25, -0.2) is 0 Å². The molecule has 2 aliphatic heterocycles. The molecule has 36 heavy (non-hydrogen) atoms. The molecule has 0 N–H and O–H groups in total. The van der Waals surface area contributed by atoms with E-state index in [4.69, 9.17) is 16.3 Å². The summed E-state index contributed by atoms with van der Waals surface area (Å²) in [4.78, 5) is 53.6. The minimum atomic E-state index is -1.25. The van der Waals surface area contributed by atoms with Crippen molar-refractivity contribution < 1.29 is 24.0 Å². The van der Waals surface area contributed by atoms with Crippen molar-refractivity contribution in [1.82, 2.24) is 4.90 Å². The minimum absolute atomic E-state index is 0.112. The van der Waals surface area contributed by atoms with Gasteiger partial charge in [0.15, 0.2) is 0 Å². The Balaban J connectivity index is 1.68. The number of anilines is 1. The fourth-order valence-electron chi connectivity index (χ4n) is 4.79. The molecule has 2 aliphatic rings. The van der Waals surface area contributed by atoms with Crippen molar-refractivity contribution in [2.24, 2.45) is 0 Å². The van der Waals surface area contributed by atoms with E-state index in [1.807, 2.05) is 0 Å². The number of amides is 3. The Morgan fingerprint density at radius 1 is 1.00 bits per heavy atom. The summed E-state index contributed by atoms with van der Waals surface area (Å²) in [7, 11) is 1.47. The van der Waals surface area contributed by atoms with Gasteiger partial charge >= 0.3 is 0 Å². The smallest absolute Gasteiger partial charge is 0.282 e. The van der Waals surface area contributed by atoms with E-state index in [9.17, 15) is 24.5 Å². The highest BCUT2D eigenvalue weighted by molar-refractivity contribution is 9.10. The number of benzene rings is 3. The number of nitro benzene ring substituents is 1. The van der Waals surface area contributed by atoms with Crippen LogP contribution in [0, 0.1) is 17.0 Å². The zero-order valence-electron chi connectivity index (χ0n) is 18.9. The lowest BCUT2D eigenvalue weighted by Gasteiger charge is -2.50. The quantitative estimate of drug-likeness (QED) is 0.183. The van der Waals surface area contributed by atoms with Crippen LogP contribution in [0.25, 0.3) is 0 Å². The van der Waals surface area contributed by atoms with Gasteiger partial charge in [0.1, 0.15) is 17.4 Å². The molecule has 11 heteroatoms. The third-order valence-corrected chi connectivity index (χ3v) is 7.38. The third-order valence-electron chi connectivity index (χ3n) is 6.48. The summed E-state index contributed by atoms with van der Waals surface area (Å²) in [5.41, 5.74) is 0.777. The van der Waals surface area contributed by atoms with Gasteiger partial charge in [-0.05, 0) is 48.9 Å². The maximum absolute atomic E-state index is 13.7. The van der Waals surface area contributed by atoms with Gasteiger partial charge in [0.25, 0.3) is 23.4 Å². The molecule has 0 bridgehead atoms. The van der Waals surface area contributed by atoms with Gasteiger partial charge in [0, 0.05) is 26.8 Å². The first-order valence-electron chi connectivity index (χ1n) is 10.7. The molecule has 0 aromatic heterocycles. The summed E-state index contributed by atoms with van der Waals surface area (Å²) in [6.07, 6.45) is 0. The molecule has 0 saturated carbocycles. The van der Waals surface area contributed by atoms with Crippen LogP contribution in [0.2, 0.25) is 5.02 Å². The van der Waals surface area contributed by atoms with Crippen LogP contribution in [0.3, 0.4) is 0 Å². The largest absolute Gasteiger partial charge is 0.496 e. The van der Waals surface area contributed by atoms with Gasteiger partial charge in [0.05, 0.1) is 23.6 Å². The summed E-state index contributed by atoms with van der Waals surface area (Å²) in [5.74, 6) is -1.74. The predicted molar refractivity (Wildman–Crippen MR) is 134 cm³/mol. The second-order valence-electron chi connectivity index (χ2n) is 8.31. The molecule has 3 aromatic rings. The van der Waals surface area contributed by atoms with E-state index < -0.39 is 40.4 Å². The number of nitrogens with zero attached hydrogens (tertiary/aromatic N) is 3. The Kier molecular flexibility index (Phi) is 5.80. The summed E-state index contributed by atoms with van der Waals surface area (Å²) < 4.78 is 6.24. The Labute approximate surface area is 218 Å². The van der Waals surface area contributed by atoms with Crippen LogP contribution in [0.1, 0.15) is 37.9 Å². The fourth-order valence-corrected chi connectivity index (χ4v) is 5.34. The topological polar surface area (TPSA) is 110 Å². The molecule has 3 amide bonds. The van der Waals surface area contributed by atoms with Crippen molar-refractivity contribution in [1.29, 1.82) is 0 Å². The monoisotopic (exact) mass is 569 g/mol. The van der Waals surface area contributed by atoms with Crippen molar-refractivity contribution >= 4 is 56.6 Å². The van der Waals surface area contributed by atoms with E-state index in [2.05, 4.69) is 15.9 Å². The van der Waals surface area contributed by atoms with E-state index in [-0.39, 0.29) is 11.1 Å². The van der Waals surface area contributed by atoms with Gasteiger partial charge in [-0.15, -0.1) is 0 Å². The van der Waals surface area contributed by atoms with E-state index in [1.165, 1.54) is 24.1 Å². The lowest BCUT2D eigenvalue weighted by Crippen LogP contribution is -2.67. The minimum Gasteiger partial charge on any atom is -0.496 e. The van der Waals surface area contributed by atoms with Crippen LogP contribution in [-0.4, -0.2) is 40.7 Å². The Morgan fingerprint density at radius 2 is 1.72 bits per heavy atom. The first-order chi connectivity index (χ1) is 17.2. The number of nitro groups is 1. The number of carbonyl (C=O) groups excluding carboxylic acids is 3. The molecule has 9 nitrogen and oxygen atoms in total. The van der Waals surface area contributed by atoms with E-state index >= 15 is 0 Å². The van der Waals surface area contributed by atoms with Crippen LogP contribution in [-0.2, 0) is 4.79 Å². The summed E-state index contributed by atoms with van der Waals surface area (Å²) in [5, 5.41) is 12.0. The second-order valence-corrected chi connectivity index (χ2v) is 9.63. The number of methoxy groups -OCH3 is 1. The molecule has 5 rings (SSSR count). The normalized spacial score (nSPS) is 18.8. The number of hydrogen-bond donors (Lipinski definition) is 0. The first kappa shape index (κ1) is 24.0. The molecule has 0 radical (unpaired) electrons. The summed E-state index contributed by atoms with van der Waals surface area (Å²) in [6.45, 7) is 1.76. The molecule has 0 aliphatic carbocycles. The molecule has 0 spiro atoms. The number of halogens is 2. The number of carbonyl (C=O) groups is 3. The van der Waals surface area contributed by atoms with E-state index in [0.717, 1.165) is 11.0 Å². The molecule has 1 fully saturated rings. The number of fused-ring (bicyclic) bond motifs is 1. The fraction of sp³-hybridized carbons (Fsp3) is 0.160. The maximum atomic E-state index is 13.7. The average Bonchev–Trinajstić information content (AvgIpc) is 3.10. The highest BCUT2D eigenvalue weighted by Crippen LogP contribution is 2.49. The van der Waals surface area contributed by atoms with E-state index in [0.29, 0.717) is 32.1 Å². The Hall–Kier alpha value is -3.76. The van der Waals surface area contributed by atoms with Gasteiger partial charge in [0.2, 0.25) is 0 Å². The van der Waals surface area contributed by atoms with Gasteiger partial charge < -0.3 is 4.74 Å². The van der Waals surface area contributed by atoms with Crippen molar-refractivity contribution in [2.75, 3.05) is 12.0 Å². The average molecular weight is 571 g/mol. The van der Waals surface area contributed by atoms with Crippen LogP contribution in [0.15, 0.2) is 59.1 Å². The number of ether oxygens (including phenoxy) is 1. The third kappa shape index (κ3) is 3.40. The molecule has 1 saturated heterocycles. The van der Waals surface area contributed by atoms with Crippen molar-refractivity contribution in [3.8, 4) is 5.75 Å². The Bertz CT molecular complexity index is 1490. The SMILES string of the molecule is COc1ccc(Br)cc1[C@@H]1[C@@H](N2C(=O)c3cccc([N+](=O)[O-])c3C2=O)C(=O)N1c1cccc(Cl)c1C. The summed E-state index contributed by atoms with van der Waals surface area (Å²) in [6, 6.07) is 12.1. The van der Waals surface area contributed by atoms with Crippen molar-refractivity contribution in [3.05, 3.63) is 96.5 Å². The Morgan fingerprint density at radius 3 is 2.42 bits per heavy atom. The number of hydrogen-bond acceptors (Lipinski definition) is 6. The molecule has 182 valence electrons. The molecular formula is C25H17BrClN3O6.